The summed E-state index contributed by atoms with van der Waals surface area (Å²) in [7, 11) is 0. The molecule has 0 amide bonds. The van der Waals surface area contributed by atoms with E-state index in [2.05, 4.69) is 0 Å². The molecule has 5 aliphatic rings. The van der Waals surface area contributed by atoms with E-state index < -0.39 is 95.1 Å². The molecule has 1 aliphatic heterocycles. The Morgan fingerprint density at radius 2 is 1.49 bits per heavy atom. The molecule has 4 aliphatic carbocycles. The highest BCUT2D eigenvalue weighted by Gasteiger charge is 2.77. The Kier molecular flexibility index (Phi) is 6.48. The van der Waals surface area contributed by atoms with Gasteiger partial charge in [-0.15, -0.1) is 0 Å². The molecule has 0 aromatic heterocycles. The molecule has 0 radical (unpaired) electrons. The van der Waals surface area contributed by atoms with E-state index in [0.29, 0.717) is 25.7 Å². The summed E-state index contributed by atoms with van der Waals surface area (Å²) in [5, 5.41) is 99.3. The third kappa shape index (κ3) is 3.59. The molecule has 1 heterocycles. The van der Waals surface area contributed by atoms with Crippen LogP contribution < -0.4 is 0 Å². The summed E-state index contributed by atoms with van der Waals surface area (Å²) < 4.78 is 11.9. The van der Waals surface area contributed by atoms with E-state index in [0.717, 1.165) is 0 Å². The lowest BCUT2D eigenvalue weighted by Crippen LogP contribution is -2.65. The average Bonchev–Trinajstić information content (AvgIpc) is 3.06. The van der Waals surface area contributed by atoms with Gasteiger partial charge in [0.2, 0.25) is 0 Å². The van der Waals surface area contributed by atoms with E-state index in [4.69, 9.17) is 9.47 Å². The molecular formula is C26H44O11. The maximum Gasteiger partial charge on any atom is 0.187 e. The second-order valence-electron chi connectivity index (χ2n) is 13.6. The molecule has 2 bridgehead atoms. The fraction of sp³-hybridized carbons (Fsp3) is 1.00. The van der Waals surface area contributed by atoms with Crippen LogP contribution in [0.3, 0.4) is 0 Å². The van der Waals surface area contributed by atoms with E-state index in [-0.39, 0.29) is 12.3 Å². The molecule has 1 spiro atoms. The highest BCUT2D eigenvalue weighted by atomic mass is 16.7. The van der Waals surface area contributed by atoms with Crippen LogP contribution in [0, 0.1) is 28.6 Å². The molecule has 5 rings (SSSR count). The molecule has 1 saturated heterocycles. The Morgan fingerprint density at radius 1 is 0.838 bits per heavy atom. The summed E-state index contributed by atoms with van der Waals surface area (Å²) >= 11 is 0. The van der Waals surface area contributed by atoms with Crippen LogP contribution in [0.4, 0.5) is 0 Å². The second kappa shape index (κ2) is 8.53. The van der Waals surface area contributed by atoms with Crippen molar-refractivity contribution in [3.05, 3.63) is 0 Å². The standard InChI is InChI=1S/C26H44O11/c1-22(2)20(32)18(31)19-24(4,34)13-6-5-11-7-25(13,10-23(11,3)33)8-14(26(19,22)35)37-21-17(30)16(29)15(28)12(9-27)36-21/h11-21,27-35H,5-10H2,1-4H3. The third-order valence-electron chi connectivity index (χ3n) is 11.3. The summed E-state index contributed by atoms with van der Waals surface area (Å²) in [5.74, 6) is -1.70. The van der Waals surface area contributed by atoms with Crippen molar-refractivity contribution in [2.75, 3.05) is 6.61 Å². The van der Waals surface area contributed by atoms with Crippen molar-refractivity contribution in [2.24, 2.45) is 28.6 Å². The van der Waals surface area contributed by atoms with Crippen LogP contribution in [0.1, 0.15) is 59.8 Å². The topological polar surface area (TPSA) is 201 Å². The lowest BCUT2D eigenvalue weighted by Gasteiger charge is -2.50. The van der Waals surface area contributed by atoms with Crippen LogP contribution in [0.2, 0.25) is 0 Å². The van der Waals surface area contributed by atoms with Crippen molar-refractivity contribution in [2.45, 2.75) is 126 Å². The van der Waals surface area contributed by atoms with E-state index in [1.165, 1.54) is 0 Å². The van der Waals surface area contributed by atoms with Crippen molar-refractivity contribution in [3.63, 3.8) is 0 Å². The molecule has 0 aromatic rings. The lowest BCUT2D eigenvalue weighted by atomic mass is 9.58. The van der Waals surface area contributed by atoms with Crippen LogP contribution in [0.25, 0.3) is 0 Å². The van der Waals surface area contributed by atoms with Crippen molar-refractivity contribution in [1.82, 2.24) is 0 Å². The van der Waals surface area contributed by atoms with Crippen LogP contribution in [0.15, 0.2) is 0 Å². The fourth-order valence-corrected chi connectivity index (χ4v) is 9.35. The van der Waals surface area contributed by atoms with E-state index in [9.17, 15) is 46.0 Å². The van der Waals surface area contributed by atoms with Gasteiger partial charge < -0.3 is 55.4 Å². The van der Waals surface area contributed by atoms with Gasteiger partial charge in [0.05, 0.1) is 36.1 Å². The normalized spacial score (nSPS) is 61.1. The molecule has 5 fully saturated rings. The Balaban J connectivity index is 1.63. The van der Waals surface area contributed by atoms with Crippen LogP contribution in [-0.2, 0) is 9.47 Å². The highest BCUT2D eigenvalue weighted by Crippen LogP contribution is 2.70. The van der Waals surface area contributed by atoms with Gasteiger partial charge in [0, 0.05) is 11.3 Å². The van der Waals surface area contributed by atoms with Crippen LogP contribution >= 0.6 is 0 Å². The smallest absolute Gasteiger partial charge is 0.187 e. The first kappa shape index (κ1) is 28.1. The summed E-state index contributed by atoms with van der Waals surface area (Å²) in [6, 6.07) is 0. The number of aliphatic hydroxyl groups is 9. The van der Waals surface area contributed by atoms with Gasteiger partial charge in [-0.25, -0.2) is 0 Å². The zero-order valence-electron chi connectivity index (χ0n) is 21.9. The molecule has 0 aromatic carbocycles. The number of aliphatic hydroxyl groups excluding tert-OH is 6. The predicted molar refractivity (Wildman–Crippen MR) is 127 cm³/mol. The summed E-state index contributed by atoms with van der Waals surface area (Å²) in [5.41, 5.74) is -6.75. The minimum atomic E-state index is -2.02. The Bertz CT molecular complexity index is 892. The number of hydrogen-bond donors (Lipinski definition) is 9. The summed E-state index contributed by atoms with van der Waals surface area (Å²) in [6.07, 6.45) is -9.67. The summed E-state index contributed by atoms with van der Waals surface area (Å²) in [6.45, 7) is 5.87. The van der Waals surface area contributed by atoms with Gasteiger partial charge in [0.15, 0.2) is 6.29 Å². The third-order valence-corrected chi connectivity index (χ3v) is 11.3. The Hall–Kier alpha value is -0.440. The van der Waals surface area contributed by atoms with Crippen molar-refractivity contribution in [3.8, 4) is 0 Å². The molecule has 4 saturated carbocycles. The van der Waals surface area contributed by atoms with Crippen molar-refractivity contribution in [1.29, 1.82) is 0 Å². The zero-order valence-corrected chi connectivity index (χ0v) is 21.9. The Morgan fingerprint density at radius 3 is 2.11 bits per heavy atom. The summed E-state index contributed by atoms with van der Waals surface area (Å²) in [4.78, 5) is 0. The fourth-order valence-electron chi connectivity index (χ4n) is 9.35. The van der Waals surface area contributed by atoms with Gasteiger partial charge in [-0.05, 0) is 63.2 Å². The minimum absolute atomic E-state index is 0.0245. The number of hydrogen-bond acceptors (Lipinski definition) is 11. The molecule has 11 heteroatoms. The minimum Gasteiger partial charge on any atom is -0.394 e. The zero-order chi connectivity index (χ0) is 27.5. The maximum absolute atomic E-state index is 12.5. The van der Waals surface area contributed by atoms with Crippen LogP contribution in [-0.4, -0.2) is 118 Å². The van der Waals surface area contributed by atoms with Gasteiger partial charge >= 0.3 is 0 Å². The van der Waals surface area contributed by atoms with Gasteiger partial charge in [0.25, 0.3) is 0 Å². The average molecular weight is 533 g/mol. The van der Waals surface area contributed by atoms with Crippen LogP contribution in [0.5, 0.6) is 0 Å². The second-order valence-corrected chi connectivity index (χ2v) is 13.6. The van der Waals surface area contributed by atoms with Crippen molar-refractivity contribution < 1.29 is 55.4 Å². The first-order valence-corrected chi connectivity index (χ1v) is 13.4. The van der Waals surface area contributed by atoms with Gasteiger partial charge in [-0.1, -0.05) is 13.8 Å². The molecule has 15 unspecified atom stereocenters. The monoisotopic (exact) mass is 532 g/mol. The maximum atomic E-state index is 12.5. The van der Waals surface area contributed by atoms with E-state index >= 15 is 0 Å². The van der Waals surface area contributed by atoms with E-state index in [1.54, 1.807) is 27.7 Å². The SMILES string of the molecule is CC1(O)CC23CC1CCC2C(C)(O)C1C(O)C(O)C(C)(C)C1(O)C(OC1OC(CO)C(O)C(O)C1O)C3. The molecule has 37 heavy (non-hydrogen) atoms. The first-order chi connectivity index (χ1) is 17.0. The number of fused-ring (bicyclic) bond motifs is 2. The largest absolute Gasteiger partial charge is 0.394 e. The number of ether oxygens (including phenoxy) is 2. The molecule has 15 atom stereocenters. The molecule has 9 N–H and O–H groups in total. The molecular weight excluding hydrogens is 488 g/mol. The van der Waals surface area contributed by atoms with Crippen molar-refractivity contribution >= 4 is 0 Å². The van der Waals surface area contributed by atoms with Gasteiger partial charge in [0.1, 0.15) is 30.0 Å². The lowest BCUT2D eigenvalue weighted by molar-refractivity contribution is -0.335. The first-order valence-electron chi connectivity index (χ1n) is 13.4. The number of rotatable bonds is 3. The van der Waals surface area contributed by atoms with Gasteiger partial charge in [-0.2, -0.15) is 0 Å². The molecule has 11 nitrogen and oxygen atoms in total. The molecule has 214 valence electrons. The quantitative estimate of drug-likeness (QED) is 0.194. The Labute approximate surface area is 216 Å². The predicted octanol–water partition coefficient (Wildman–Crippen LogP) is -2.01. The highest BCUT2D eigenvalue weighted by molar-refractivity contribution is 5.26. The van der Waals surface area contributed by atoms with E-state index in [1.807, 2.05) is 0 Å². The van der Waals surface area contributed by atoms with Gasteiger partial charge in [-0.3, -0.25) is 0 Å².